The fourth-order valence-corrected chi connectivity index (χ4v) is 3.75. The van der Waals surface area contributed by atoms with Crippen LogP contribution in [0.4, 0.5) is 0 Å². The summed E-state index contributed by atoms with van der Waals surface area (Å²) in [5, 5.41) is 9.11. The number of H-pyrrole nitrogens is 1. The number of likely N-dealkylation sites (tertiary alicyclic amines) is 1. The number of aliphatic hydroxyl groups excluding tert-OH is 1. The van der Waals surface area contributed by atoms with Gasteiger partial charge in [-0.15, -0.1) is 0 Å². The van der Waals surface area contributed by atoms with Crippen molar-refractivity contribution in [3.63, 3.8) is 0 Å². The minimum atomic E-state index is -0.0334. The van der Waals surface area contributed by atoms with E-state index < -0.39 is 0 Å². The quantitative estimate of drug-likeness (QED) is 0.911. The molecule has 0 amide bonds. The lowest BCUT2D eigenvalue weighted by molar-refractivity contribution is 0.206. The van der Waals surface area contributed by atoms with E-state index in [1.807, 2.05) is 12.1 Å². The van der Waals surface area contributed by atoms with Crippen molar-refractivity contribution < 1.29 is 9.52 Å². The Morgan fingerprint density at radius 3 is 2.91 bits per heavy atom. The second-order valence-corrected chi connectivity index (χ2v) is 6.41. The topological polar surface area (TPSA) is 65.3 Å². The lowest BCUT2D eigenvalue weighted by Crippen LogP contribution is -2.23. The minimum Gasteiger partial charge on any atom is -0.462 e. The van der Waals surface area contributed by atoms with Crippen LogP contribution in [-0.4, -0.2) is 26.5 Å². The van der Waals surface area contributed by atoms with Crippen molar-refractivity contribution in [1.82, 2.24) is 14.9 Å². The number of hydrogen-bond donors (Lipinski definition) is 2. The largest absolute Gasteiger partial charge is 0.462 e. The Hall–Kier alpha value is -1.59. The van der Waals surface area contributed by atoms with Gasteiger partial charge in [0.25, 0.3) is 0 Å². The molecule has 0 spiro atoms. The first-order chi connectivity index (χ1) is 10.8. The SMILES string of the molecule is OCc1ccc(CN2CCC[C@H]2c2nc3c([nH]2)CCCC3)o1. The number of aryl methyl sites for hydroxylation is 2. The Bertz CT molecular complexity index is 623. The van der Waals surface area contributed by atoms with Crippen LogP contribution in [-0.2, 0) is 26.0 Å². The van der Waals surface area contributed by atoms with Gasteiger partial charge in [-0.2, -0.15) is 0 Å². The summed E-state index contributed by atoms with van der Waals surface area (Å²) in [4.78, 5) is 10.9. The Balaban J connectivity index is 1.51. The normalized spacial score (nSPS) is 22.1. The van der Waals surface area contributed by atoms with Crippen molar-refractivity contribution in [2.24, 2.45) is 0 Å². The molecule has 0 aromatic carbocycles. The Morgan fingerprint density at radius 1 is 1.23 bits per heavy atom. The summed E-state index contributed by atoms with van der Waals surface area (Å²) in [6.07, 6.45) is 7.16. The van der Waals surface area contributed by atoms with Gasteiger partial charge in [0.2, 0.25) is 0 Å². The van der Waals surface area contributed by atoms with Gasteiger partial charge in [0.15, 0.2) is 0 Å². The van der Waals surface area contributed by atoms with Crippen LogP contribution < -0.4 is 0 Å². The number of fused-ring (bicyclic) bond motifs is 1. The summed E-state index contributed by atoms with van der Waals surface area (Å²) in [6, 6.07) is 4.19. The van der Waals surface area contributed by atoms with E-state index in [0.29, 0.717) is 11.8 Å². The number of imidazole rings is 1. The van der Waals surface area contributed by atoms with Crippen molar-refractivity contribution in [2.45, 2.75) is 57.7 Å². The van der Waals surface area contributed by atoms with Gasteiger partial charge in [-0.25, -0.2) is 4.98 Å². The van der Waals surface area contributed by atoms with E-state index in [-0.39, 0.29) is 6.61 Å². The lowest BCUT2D eigenvalue weighted by atomic mass is 10.0. The van der Waals surface area contributed by atoms with Crippen LogP contribution in [0.25, 0.3) is 0 Å². The Kier molecular flexibility index (Phi) is 3.76. The number of nitrogens with zero attached hydrogens (tertiary/aromatic N) is 2. The highest BCUT2D eigenvalue weighted by atomic mass is 16.4. The molecule has 1 fully saturated rings. The molecule has 22 heavy (non-hydrogen) atoms. The van der Waals surface area contributed by atoms with E-state index in [1.54, 1.807) is 0 Å². The summed E-state index contributed by atoms with van der Waals surface area (Å²) in [7, 11) is 0. The fraction of sp³-hybridized carbons (Fsp3) is 0.588. The number of furan rings is 1. The first-order valence-electron chi connectivity index (χ1n) is 8.33. The molecule has 1 saturated heterocycles. The third kappa shape index (κ3) is 2.59. The van der Waals surface area contributed by atoms with Gasteiger partial charge in [0, 0.05) is 5.69 Å². The predicted molar refractivity (Wildman–Crippen MR) is 82.2 cm³/mol. The molecular weight excluding hydrogens is 278 g/mol. The highest BCUT2D eigenvalue weighted by molar-refractivity contribution is 5.20. The Morgan fingerprint density at radius 2 is 2.09 bits per heavy atom. The summed E-state index contributed by atoms with van der Waals surface area (Å²) >= 11 is 0. The molecule has 118 valence electrons. The average Bonchev–Trinajstić information content (AvgIpc) is 3.25. The number of aliphatic hydroxyl groups is 1. The molecule has 4 rings (SSSR count). The Labute approximate surface area is 130 Å². The second kappa shape index (κ2) is 5.89. The third-order valence-corrected chi connectivity index (χ3v) is 4.88. The first kappa shape index (κ1) is 14.0. The molecule has 3 heterocycles. The number of nitrogens with one attached hydrogen (secondary N) is 1. The van der Waals surface area contributed by atoms with Crippen LogP contribution in [0.5, 0.6) is 0 Å². The van der Waals surface area contributed by atoms with Crippen LogP contribution in [0.1, 0.15) is 60.5 Å². The number of rotatable bonds is 4. The lowest BCUT2D eigenvalue weighted by Gasteiger charge is -2.21. The van der Waals surface area contributed by atoms with Gasteiger partial charge in [-0.05, 0) is 57.2 Å². The van der Waals surface area contributed by atoms with Crippen LogP contribution in [0.2, 0.25) is 0 Å². The number of aromatic amines is 1. The van der Waals surface area contributed by atoms with Crippen molar-refractivity contribution in [3.05, 3.63) is 40.9 Å². The summed E-state index contributed by atoms with van der Waals surface area (Å²) in [5.74, 6) is 2.70. The maximum absolute atomic E-state index is 9.11. The zero-order valence-electron chi connectivity index (χ0n) is 12.8. The van der Waals surface area contributed by atoms with Crippen molar-refractivity contribution in [2.75, 3.05) is 6.54 Å². The van der Waals surface area contributed by atoms with Gasteiger partial charge >= 0.3 is 0 Å². The molecule has 5 nitrogen and oxygen atoms in total. The maximum Gasteiger partial charge on any atom is 0.129 e. The van der Waals surface area contributed by atoms with Gasteiger partial charge in [0.1, 0.15) is 24.0 Å². The third-order valence-electron chi connectivity index (χ3n) is 4.88. The van der Waals surface area contributed by atoms with Crippen molar-refractivity contribution in [3.8, 4) is 0 Å². The summed E-state index contributed by atoms with van der Waals surface area (Å²) < 4.78 is 5.64. The predicted octanol–water partition coefficient (Wildman–Crippen LogP) is 2.71. The molecular formula is C17H23N3O2. The van der Waals surface area contributed by atoms with E-state index >= 15 is 0 Å². The van der Waals surface area contributed by atoms with E-state index in [0.717, 1.165) is 43.9 Å². The molecule has 2 aliphatic rings. The van der Waals surface area contributed by atoms with Gasteiger partial charge in [-0.3, -0.25) is 4.90 Å². The van der Waals surface area contributed by atoms with Gasteiger partial charge in [0.05, 0.1) is 18.3 Å². The molecule has 0 radical (unpaired) electrons. The fourth-order valence-electron chi connectivity index (χ4n) is 3.75. The van der Waals surface area contributed by atoms with Crippen LogP contribution >= 0.6 is 0 Å². The standard InChI is InChI=1S/C17H23N3O2/c21-11-13-8-7-12(22-13)10-20-9-3-6-16(20)17-18-14-4-1-2-5-15(14)19-17/h7-8,16,21H,1-6,9-11H2,(H,18,19)/t16-/m0/s1. The molecule has 0 bridgehead atoms. The van der Waals surface area contributed by atoms with Gasteiger partial charge in [-0.1, -0.05) is 0 Å². The van der Waals surface area contributed by atoms with E-state index in [1.165, 1.54) is 30.7 Å². The molecule has 2 aromatic rings. The second-order valence-electron chi connectivity index (χ2n) is 6.41. The zero-order valence-corrected chi connectivity index (χ0v) is 12.8. The van der Waals surface area contributed by atoms with Gasteiger partial charge < -0.3 is 14.5 Å². The molecule has 0 saturated carbocycles. The molecule has 2 N–H and O–H groups in total. The molecule has 5 heteroatoms. The highest BCUT2D eigenvalue weighted by Crippen LogP contribution is 2.33. The minimum absolute atomic E-state index is 0.0334. The van der Waals surface area contributed by atoms with E-state index in [9.17, 15) is 0 Å². The molecule has 1 aliphatic heterocycles. The average molecular weight is 301 g/mol. The molecule has 1 aliphatic carbocycles. The molecule has 2 aromatic heterocycles. The zero-order chi connectivity index (χ0) is 14.9. The van der Waals surface area contributed by atoms with Crippen LogP contribution in [0.15, 0.2) is 16.5 Å². The summed E-state index contributed by atoms with van der Waals surface area (Å²) in [6.45, 7) is 1.83. The molecule has 1 atom stereocenters. The maximum atomic E-state index is 9.11. The van der Waals surface area contributed by atoms with Crippen molar-refractivity contribution >= 4 is 0 Å². The van der Waals surface area contributed by atoms with E-state index in [4.69, 9.17) is 14.5 Å². The highest BCUT2D eigenvalue weighted by Gasteiger charge is 2.30. The number of aromatic nitrogens is 2. The van der Waals surface area contributed by atoms with Crippen LogP contribution in [0.3, 0.4) is 0 Å². The smallest absolute Gasteiger partial charge is 0.129 e. The van der Waals surface area contributed by atoms with E-state index in [2.05, 4.69) is 9.88 Å². The number of hydrogen-bond acceptors (Lipinski definition) is 4. The first-order valence-corrected chi connectivity index (χ1v) is 8.33. The molecule has 0 unspecified atom stereocenters. The van der Waals surface area contributed by atoms with Crippen LogP contribution in [0, 0.1) is 0 Å². The monoisotopic (exact) mass is 301 g/mol. The summed E-state index contributed by atoms with van der Waals surface area (Å²) in [5.41, 5.74) is 2.64. The van der Waals surface area contributed by atoms with Crippen molar-refractivity contribution in [1.29, 1.82) is 0 Å².